The highest BCUT2D eigenvalue weighted by molar-refractivity contribution is 5.91. The smallest absolute Gasteiger partial charge is 0.221 e. The molecule has 2 aromatic rings. The molecule has 1 aromatic heterocycles. The lowest BCUT2D eigenvalue weighted by molar-refractivity contribution is -0.114. The minimum Gasteiger partial charge on any atom is -0.497 e. The molecule has 1 amide bonds. The maximum absolute atomic E-state index is 11.2. The van der Waals surface area contributed by atoms with Crippen molar-refractivity contribution < 1.29 is 14.3 Å². The molecule has 2 N–H and O–H groups in total. The van der Waals surface area contributed by atoms with Crippen molar-refractivity contribution in [2.75, 3.05) is 24.3 Å². The summed E-state index contributed by atoms with van der Waals surface area (Å²) in [7, 11) is 1.61. The monoisotopic (exact) mass is 301 g/mol. The molecule has 0 saturated heterocycles. The summed E-state index contributed by atoms with van der Waals surface area (Å²) in [6, 6.07) is 10.7. The van der Waals surface area contributed by atoms with Crippen LogP contribution < -0.4 is 20.1 Å². The number of aromatic nitrogens is 1. The van der Waals surface area contributed by atoms with Crippen LogP contribution in [0.1, 0.15) is 13.8 Å². The highest BCUT2D eigenvalue weighted by Crippen LogP contribution is 2.27. The molecule has 0 atom stereocenters. The third-order valence-corrected chi connectivity index (χ3v) is 2.81. The van der Waals surface area contributed by atoms with Crippen LogP contribution in [0.25, 0.3) is 0 Å². The fraction of sp³-hybridized carbons (Fsp3) is 0.250. The van der Waals surface area contributed by atoms with Crippen LogP contribution in [0.4, 0.5) is 11.5 Å². The van der Waals surface area contributed by atoms with Crippen LogP contribution in [-0.2, 0) is 4.79 Å². The zero-order valence-electron chi connectivity index (χ0n) is 12.8. The number of anilines is 2. The van der Waals surface area contributed by atoms with E-state index in [2.05, 4.69) is 15.6 Å². The van der Waals surface area contributed by atoms with Gasteiger partial charge in [0.15, 0.2) is 5.82 Å². The normalized spacial score (nSPS) is 9.95. The SMILES string of the molecule is CCNc1nc(Oc2ccc(OC)cc2)ccc1NC(C)=O. The number of carbonyl (C=O) groups excluding carboxylic acids is 1. The number of nitrogens with zero attached hydrogens (tertiary/aromatic N) is 1. The maximum atomic E-state index is 11.2. The zero-order valence-corrected chi connectivity index (χ0v) is 12.8. The number of methoxy groups -OCH3 is 1. The Morgan fingerprint density at radius 3 is 2.41 bits per heavy atom. The Balaban J connectivity index is 2.19. The molecule has 1 aromatic carbocycles. The number of rotatable bonds is 6. The number of hydrogen-bond acceptors (Lipinski definition) is 5. The first-order chi connectivity index (χ1) is 10.6. The van der Waals surface area contributed by atoms with Gasteiger partial charge in [-0.25, -0.2) is 0 Å². The van der Waals surface area contributed by atoms with Crippen molar-refractivity contribution in [1.82, 2.24) is 4.98 Å². The van der Waals surface area contributed by atoms with Crippen molar-refractivity contribution in [2.24, 2.45) is 0 Å². The fourth-order valence-corrected chi connectivity index (χ4v) is 1.86. The number of carbonyl (C=O) groups is 1. The van der Waals surface area contributed by atoms with Crippen molar-refractivity contribution >= 4 is 17.4 Å². The number of nitrogens with one attached hydrogen (secondary N) is 2. The number of hydrogen-bond donors (Lipinski definition) is 2. The molecule has 1 heterocycles. The van der Waals surface area contributed by atoms with Gasteiger partial charge in [0.25, 0.3) is 0 Å². The second-order valence-electron chi connectivity index (χ2n) is 4.53. The average molecular weight is 301 g/mol. The van der Waals surface area contributed by atoms with Crippen molar-refractivity contribution in [3.05, 3.63) is 36.4 Å². The molecule has 0 aliphatic carbocycles. The van der Waals surface area contributed by atoms with E-state index in [1.807, 2.05) is 19.1 Å². The van der Waals surface area contributed by atoms with Crippen LogP contribution in [-0.4, -0.2) is 24.5 Å². The Morgan fingerprint density at radius 1 is 1.14 bits per heavy atom. The van der Waals surface area contributed by atoms with Crippen LogP contribution in [0, 0.1) is 0 Å². The second-order valence-corrected chi connectivity index (χ2v) is 4.53. The van der Waals surface area contributed by atoms with Gasteiger partial charge in [0, 0.05) is 19.5 Å². The third-order valence-electron chi connectivity index (χ3n) is 2.81. The van der Waals surface area contributed by atoms with Gasteiger partial charge in [0.2, 0.25) is 11.8 Å². The summed E-state index contributed by atoms with van der Waals surface area (Å²) < 4.78 is 10.8. The van der Waals surface area contributed by atoms with Gasteiger partial charge in [-0.3, -0.25) is 4.79 Å². The minimum absolute atomic E-state index is 0.148. The standard InChI is InChI=1S/C16H19N3O3/c1-4-17-16-14(18-11(2)20)9-10-15(19-16)22-13-7-5-12(21-3)6-8-13/h5-10H,4H2,1-3H3,(H,17,19)(H,18,20). The van der Waals surface area contributed by atoms with Crippen molar-refractivity contribution in [1.29, 1.82) is 0 Å². The van der Waals surface area contributed by atoms with Gasteiger partial charge in [-0.15, -0.1) is 0 Å². The lowest BCUT2D eigenvalue weighted by atomic mass is 10.3. The topological polar surface area (TPSA) is 72.5 Å². The molecule has 0 radical (unpaired) electrons. The molecule has 116 valence electrons. The summed E-state index contributed by atoms with van der Waals surface area (Å²) in [6.45, 7) is 4.10. The van der Waals surface area contributed by atoms with Gasteiger partial charge >= 0.3 is 0 Å². The first-order valence-electron chi connectivity index (χ1n) is 6.96. The summed E-state index contributed by atoms with van der Waals surface area (Å²) in [5, 5.41) is 5.83. The molecule has 0 bridgehead atoms. The van der Waals surface area contributed by atoms with Crippen LogP contribution in [0.5, 0.6) is 17.4 Å². The Kier molecular flexibility index (Phi) is 5.19. The second kappa shape index (κ2) is 7.31. The molecule has 0 fully saturated rings. The highest BCUT2D eigenvalue weighted by atomic mass is 16.5. The maximum Gasteiger partial charge on any atom is 0.221 e. The Bertz CT molecular complexity index is 642. The van der Waals surface area contributed by atoms with E-state index in [0.29, 0.717) is 29.7 Å². The molecular weight excluding hydrogens is 282 g/mol. The van der Waals surface area contributed by atoms with Crippen LogP contribution in [0.3, 0.4) is 0 Å². The van der Waals surface area contributed by atoms with E-state index in [-0.39, 0.29) is 5.91 Å². The van der Waals surface area contributed by atoms with Crippen molar-refractivity contribution in [2.45, 2.75) is 13.8 Å². The fourth-order valence-electron chi connectivity index (χ4n) is 1.86. The summed E-state index contributed by atoms with van der Waals surface area (Å²) in [6.07, 6.45) is 0. The molecule has 0 saturated carbocycles. The first-order valence-corrected chi connectivity index (χ1v) is 6.96. The van der Waals surface area contributed by atoms with E-state index in [0.717, 1.165) is 5.75 Å². The summed E-state index contributed by atoms with van der Waals surface area (Å²) in [5.74, 6) is 2.28. The molecule has 6 nitrogen and oxygen atoms in total. The van der Waals surface area contributed by atoms with E-state index >= 15 is 0 Å². The number of pyridine rings is 1. The highest BCUT2D eigenvalue weighted by Gasteiger charge is 2.08. The molecule has 6 heteroatoms. The minimum atomic E-state index is -0.148. The van der Waals surface area contributed by atoms with Crippen molar-refractivity contribution in [3.63, 3.8) is 0 Å². The van der Waals surface area contributed by atoms with Gasteiger partial charge in [0.05, 0.1) is 12.8 Å². The Hall–Kier alpha value is -2.76. The van der Waals surface area contributed by atoms with E-state index in [9.17, 15) is 4.79 Å². The van der Waals surface area contributed by atoms with Gasteiger partial charge < -0.3 is 20.1 Å². The summed E-state index contributed by atoms with van der Waals surface area (Å²) >= 11 is 0. The number of benzene rings is 1. The lowest BCUT2D eigenvalue weighted by Crippen LogP contribution is -2.10. The van der Waals surface area contributed by atoms with E-state index in [1.54, 1.807) is 31.4 Å². The molecule has 0 spiro atoms. The largest absolute Gasteiger partial charge is 0.497 e. The molecule has 0 unspecified atom stereocenters. The van der Waals surface area contributed by atoms with Gasteiger partial charge in [0.1, 0.15) is 11.5 Å². The molecule has 0 aliphatic heterocycles. The first kappa shape index (κ1) is 15.6. The van der Waals surface area contributed by atoms with E-state index in [1.165, 1.54) is 6.92 Å². The van der Waals surface area contributed by atoms with Gasteiger partial charge in [-0.05, 0) is 37.3 Å². The molecule has 0 aliphatic rings. The molecule has 22 heavy (non-hydrogen) atoms. The van der Waals surface area contributed by atoms with Crippen LogP contribution in [0.15, 0.2) is 36.4 Å². The Morgan fingerprint density at radius 2 is 1.82 bits per heavy atom. The predicted molar refractivity (Wildman–Crippen MR) is 85.8 cm³/mol. The predicted octanol–water partition coefficient (Wildman–Crippen LogP) is 3.27. The number of ether oxygens (including phenoxy) is 2. The lowest BCUT2D eigenvalue weighted by Gasteiger charge is -2.12. The van der Waals surface area contributed by atoms with Crippen LogP contribution in [0.2, 0.25) is 0 Å². The number of amides is 1. The van der Waals surface area contributed by atoms with E-state index in [4.69, 9.17) is 9.47 Å². The third kappa shape index (κ3) is 4.12. The molecule has 2 rings (SSSR count). The quantitative estimate of drug-likeness (QED) is 0.856. The van der Waals surface area contributed by atoms with Crippen molar-refractivity contribution in [3.8, 4) is 17.4 Å². The average Bonchev–Trinajstić information content (AvgIpc) is 2.50. The van der Waals surface area contributed by atoms with Crippen LogP contribution >= 0.6 is 0 Å². The zero-order chi connectivity index (χ0) is 15.9. The van der Waals surface area contributed by atoms with E-state index < -0.39 is 0 Å². The summed E-state index contributed by atoms with van der Waals surface area (Å²) in [4.78, 5) is 15.6. The summed E-state index contributed by atoms with van der Waals surface area (Å²) in [5.41, 5.74) is 0.622. The van der Waals surface area contributed by atoms with Gasteiger partial charge in [-0.1, -0.05) is 0 Å². The Labute approximate surface area is 129 Å². The van der Waals surface area contributed by atoms with Gasteiger partial charge in [-0.2, -0.15) is 4.98 Å². The molecular formula is C16H19N3O3.